The lowest BCUT2D eigenvalue weighted by Crippen LogP contribution is -2.14. The van der Waals surface area contributed by atoms with Gasteiger partial charge in [0.05, 0.1) is 36.7 Å². The van der Waals surface area contributed by atoms with Gasteiger partial charge in [-0.05, 0) is 12.1 Å². The summed E-state index contributed by atoms with van der Waals surface area (Å²) in [7, 11) is 2.09. The number of hydrogen-bond donors (Lipinski definition) is 1. The minimum absolute atomic E-state index is 0.118. The Kier molecular flexibility index (Phi) is 4.50. The molecule has 124 valence electrons. The van der Waals surface area contributed by atoms with Gasteiger partial charge in [0.1, 0.15) is 6.07 Å². The largest absolute Gasteiger partial charge is 0.465 e. The molecule has 0 aliphatic rings. The highest BCUT2D eigenvalue weighted by Crippen LogP contribution is 2.28. The van der Waals surface area contributed by atoms with Crippen LogP contribution in [0.5, 0.6) is 0 Å². The first-order chi connectivity index (χ1) is 11.4. The van der Waals surface area contributed by atoms with E-state index in [-0.39, 0.29) is 16.9 Å². The van der Waals surface area contributed by atoms with Crippen LogP contribution in [0.3, 0.4) is 0 Å². The van der Waals surface area contributed by atoms with Crippen LogP contribution in [0.15, 0.2) is 18.3 Å². The van der Waals surface area contributed by atoms with E-state index in [1.165, 1.54) is 0 Å². The highest BCUT2D eigenvalue weighted by Gasteiger charge is 2.26. The molecule has 1 aromatic carbocycles. The standard InChI is InChI=1S/C15H11F2N3O4/c1-23-14(21)8-3-4-9(11(17)10(8)16)20-6-7(5-18)12(19)13(20)15(22)24-2/h3-4,6H,19H2,1-2H3. The molecular weight excluding hydrogens is 324 g/mol. The predicted molar refractivity (Wildman–Crippen MR) is 77.5 cm³/mol. The summed E-state index contributed by atoms with van der Waals surface area (Å²) >= 11 is 0. The number of methoxy groups -OCH3 is 2. The molecule has 1 aromatic heterocycles. The number of carbonyl (C=O) groups is 2. The van der Waals surface area contributed by atoms with Crippen molar-refractivity contribution in [2.45, 2.75) is 0 Å². The van der Waals surface area contributed by atoms with Gasteiger partial charge in [0.15, 0.2) is 17.3 Å². The molecule has 0 atom stereocenters. The quantitative estimate of drug-likeness (QED) is 0.857. The molecule has 2 rings (SSSR count). The average molecular weight is 335 g/mol. The van der Waals surface area contributed by atoms with Crippen molar-refractivity contribution in [2.75, 3.05) is 20.0 Å². The Morgan fingerprint density at radius 2 is 1.79 bits per heavy atom. The topological polar surface area (TPSA) is 107 Å². The van der Waals surface area contributed by atoms with Crippen molar-refractivity contribution in [3.63, 3.8) is 0 Å². The second-order valence-electron chi connectivity index (χ2n) is 4.53. The van der Waals surface area contributed by atoms with Gasteiger partial charge in [-0.15, -0.1) is 0 Å². The molecule has 0 saturated heterocycles. The number of nitrogens with two attached hydrogens (primary N) is 1. The number of hydrogen-bond acceptors (Lipinski definition) is 6. The fourth-order valence-corrected chi connectivity index (χ4v) is 2.10. The van der Waals surface area contributed by atoms with E-state index in [0.29, 0.717) is 0 Å². The van der Waals surface area contributed by atoms with Gasteiger partial charge in [0.25, 0.3) is 0 Å². The fourth-order valence-electron chi connectivity index (χ4n) is 2.10. The number of benzene rings is 1. The van der Waals surface area contributed by atoms with E-state index >= 15 is 0 Å². The number of halogens is 2. The maximum Gasteiger partial charge on any atom is 0.357 e. The lowest BCUT2D eigenvalue weighted by molar-refractivity contribution is 0.0583. The Morgan fingerprint density at radius 3 is 2.33 bits per heavy atom. The third-order valence-electron chi connectivity index (χ3n) is 3.27. The van der Waals surface area contributed by atoms with E-state index in [4.69, 9.17) is 11.0 Å². The van der Waals surface area contributed by atoms with Gasteiger partial charge in [-0.25, -0.2) is 18.4 Å². The third kappa shape index (κ3) is 2.54. The summed E-state index contributed by atoms with van der Waals surface area (Å²) in [6.07, 6.45) is 1.07. The van der Waals surface area contributed by atoms with Crippen LogP contribution in [-0.2, 0) is 9.47 Å². The lowest BCUT2D eigenvalue weighted by atomic mass is 10.1. The van der Waals surface area contributed by atoms with Crippen molar-refractivity contribution < 1.29 is 27.8 Å². The third-order valence-corrected chi connectivity index (χ3v) is 3.27. The van der Waals surface area contributed by atoms with E-state index in [1.54, 1.807) is 6.07 Å². The zero-order chi connectivity index (χ0) is 18.0. The van der Waals surface area contributed by atoms with E-state index in [1.807, 2.05) is 0 Å². The van der Waals surface area contributed by atoms with Crippen molar-refractivity contribution in [1.29, 1.82) is 5.26 Å². The van der Waals surface area contributed by atoms with Crippen LogP contribution in [0.4, 0.5) is 14.5 Å². The van der Waals surface area contributed by atoms with Crippen LogP contribution in [0, 0.1) is 23.0 Å². The van der Waals surface area contributed by atoms with Crippen LogP contribution in [-0.4, -0.2) is 30.7 Å². The number of aromatic nitrogens is 1. The van der Waals surface area contributed by atoms with E-state index in [9.17, 15) is 18.4 Å². The van der Waals surface area contributed by atoms with Crippen LogP contribution in [0.2, 0.25) is 0 Å². The molecule has 0 bridgehead atoms. The molecule has 0 spiro atoms. The maximum atomic E-state index is 14.4. The molecule has 2 N–H and O–H groups in total. The first-order valence-corrected chi connectivity index (χ1v) is 6.43. The van der Waals surface area contributed by atoms with Crippen molar-refractivity contribution in [3.8, 4) is 11.8 Å². The monoisotopic (exact) mass is 335 g/mol. The van der Waals surface area contributed by atoms with Gasteiger partial charge < -0.3 is 19.8 Å². The Morgan fingerprint density at radius 1 is 1.17 bits per heavy atom. The Bertz CT molecular complexity index is 884. The highest BCUT2D eigenvalue weighted by molar-refractivity contribution is 5.96. The Hall–Kier alpha value is -3.41. The normalized spacial score (nSPS) is 10.1. The zero-order valence-corrected chi connectivity index (χ0v) is 12.6. The molecule has 0 fully saturated rings. The molecule has 0 aliphatic heterocycles. The average Bonchev–Trinajstić information content (AvgIpc) is 2.92. The summed E-state index contributed by atoms with van der Waals surface area (Å²) in [5.41, 5.74) is 3.96. The number of anilines is 1. The first-order valence-electron chi connectivity index (χ1n) is 6.43. The van der Waals surface area contributed by atoms with Crippen molar-refractivity contribution in [3.05, 3.63) is 46.8 Å². The van der Waals surface area contributed by atoms with Gasteiger partial charge in [-0.3, -0.25) is 0 Å². The SMILES string of the molecule is COC(=O)c1ccc(-n2cc(C#N)c(N)c2C(=O)OC)c(F)c1F. The molecule has 0 aliphatic carbocycles. The Balaban J connectivity index is 2.74. The van der Waals surface area contributed by atoms with Gasteiger partial charge in [-0.1, -0.05) is 0 Å². The van der Waals surface area contributed by atoms with Crippen molar-refractivity contribution >= 4 is 17.6 Å². The van der Waals surface area contributed by atoms with Crippen LogP contribution >= 0.6 is 0 Å². The minimum Gasteiger partial charge on any atom is -0.465 e. The van der Waals surface area contributed by atoms with Crippen molar-refractivity contribution in [2.24, 2.45) is 0 Å². The Labute approximate surface area is 134 Å². The second-order valence-corrected chi connectivity index (χ2v) is 4.53. The fraction of sp³-hybridized carbons (Fsp3) is 0.133. The summed E-state index contributed by atoms with van der Waals surface area (Å²) in [6, 6.07) is 3.78. The summed E-state index contributed by atoms with van der Waals surface area (Å²) in [4.78, 5) is 23.2. The van der Waals surface area contributed by atoms with Gasteiger partial charge in [0, 0.05) is 6.20 Å². The predicted octanol–water partition coefficient (Wildman–Crippen LogP) is 1.78. The molecule has 0 amide bonds. The highest BCUT2D eigenvalue weighted by atomic mass is 19.2. The number of carbonyl (C=O) groups excluding carboxylic acids is 2. The number of ether oxygens (including phenoxy) is 2. The van der Waals surface area contributed by atoms with E-state index in [2.05, 4.69) is 9.47 Å². The summed E-state index contributed by atoms with van der Waals surface area (Å²) < 4.78 is 38.2. The molecule has 2 aromatic rings. The maximum absolute atomic E-state index is 14.4. The number of nitrogen functional groups attached to an aromatic ring is 1. The van der Waals surface area contributed by atoms with Crippen LogP contribution in [0.25, 0.3) is 5.69 Å². The van der Waals surface area contributed by atoms with Crippen LogP contribution < -0.4 is 5.73 Å². The second kappa shape index (κ2) is 6.37. The number of esters is 2. The molecule has 9 heteroatoms. The summed E-state index contributed by atoms with van der Waals surface area (Å²) in [5, 5.41) is 9.01. The molecule has 0 unspecified atom stereocenters. The van der Waals surface area contributed by atoms with Gasteiger partial charge >= 0.3 is 11.9 Å². The van der Waals surface area contributed by atoms with Gasteiger partial charge in [-0.2, -0.15) is 5.26 Å². The first kappa shape index (κ1) is 17.0. The van der Waals surface area contributed by atoms with E-state index in [0.717, 1.165) is 37.1 Å². The van der Waals surface area contributed by atoms with Gasteiger partial charge in [0.2, 0.25) is 0 Å². The molecule has 7 nitrogen and oxygen atoms in total. The molecule has 1 heterocycles. The number of nitrogens with zero attached hydrogens (tertiary/aromatic N) is 2. The van der Waals surface area contributed by atoms with E-state index < -0.39 is 34.8 Å². The molecular formula is C15H11F2N3O4. The van der Waals surface area contributed by atoms with Crippen LogP contribution in [0.1, 0.15) is 26.4 Å². The zero-order valence-electron chi connectivity index (χ0n) is 12.6. The molecule has 0 saturated carbocycles. The lowest BCUT2D eigenvalue weighted by Gasteiger charge is -2.11. The number of rotatable bonds is 3. The smallest absolute Gasteiger partial charge is 0.357 e. The molecule has 0 radical (unpaired) electrons. The summed E-state index contributed by atoms with van der Waals surface area (Å²) in [6.45, 7) is 0. The molecule has 24 heavy (non-hydrogen) atoms. The summed E-state index contributed by atoms with van der Waals surface area (Å²) in [5.74, 6) is -4.87. The van der Waals surface area contributed by atoms with Crippen molar-refractivity contribution in [1.82, 2.24) is 4.57 Å². The minimum atomic E-state index is -1.46. The number of nitriles is 1.